The summed E-state index contributed by atoms with van der Waals surface area (Å²) in [6.07, 6.45) is 0. The zero-order valence-electron chi connectivity index (χ0n) is 18.4. The van der Waals surface area contributed by atoms with Gasteiger partial charge in [0, 0.05) is 18.7 Å². The Morgan fingerprint density at radius 1 is 1.09 bits per heavy atom. The van der Waals surface area contributed by atoms with Crippen LogP contribution in [0.15, 0.2) is 53.5 Å². The second-order valence-corrected chi connectivity index (χ2v) is 8.99. The van der Waals surface area contributed by atoms with Crippen LogP contribution in [-0.2, 0) is 31.9 Å². The second-order valence-electron chi connectivity index (χ2n) is 7.24. The Morgan fingerprint density at radius 2 is 1.77 bits per heavy atom. The smallest absolute Gasteiger partial charge is 0.269 e. The summed E-state index contributed by atoms with van der Waals surface area (Å²) in [7, 11) is -4.15. The minimum Gasteiger partial charge on any atom is -0.394 e. The molecule has 2 rings (SSSR count). The summed E-state index contributed by atoms with van der Waals surface area (Å²) in [4.78, 5) is 38.3. The Morgan fingerprint density at radius 3 is 2.37 bits per heavy atom. The van der Waals surface area contributed by atoms with Crippen LogP contribution in [0.25, 0.3) is 0 Å². The Hall–Kier alpha value is -4.08. The number of sulfonamides is 1. The first kappa shape index (κ1) is 27.2. The van der Waals surface area contributed by atoms with E-state index in [-0.39, 0.29) is 23.8 Å². The highest BCUT2D eigenvalue weighted by atomic mass is 32.2. The summed E-state index contributed by atoms with van der Waals surface area (Å²) in [6, 6.07) is 10.1. The largest absolute Gasteiger partial charge is 0.394 e. The highest BCUT2D eigenvalue weighted by Gasteiger charge is 2.25. The molecule has 15 heteroatoms. The molecule has 35 heavy (non-hydrogen) atoms. The molecule has 0 aromatic heterocycles. The van der Waals surface area contributed by atoms with Gasteiger partial charge in [0.2, 0.25) is 21.8 Å². The van der Waals surface area contributed by atoms with Crippen molar-refractivity contribution in [2.75, 3.05) is 13.2 Å². The van der Waals surface area contributed by atoms with E-state index in [4.69, 9.17) is 11.5 Å². The molecule has 0 unspecified atom stereocenters. The number of hydrogen-bond acceptors (Lipinski definition) is 8. The lowest BCUT2D eigenvalue weighted by atomic mass is 10.2. The number of aliphatic hydroxyl groups excluding tert-OH is 1. The van der Waals surface area contributed by atoms with Gasteiger partial charge in [-0.15, -0.1) is 0 Å². The maximum absolute atomic E-state index is 12.4. The molecule has 0 aliphatic rings. The highest BCUT2D eigenvalue weighted by Crippen LogP contribution is 2.15. The molecule has 2 aromatic rings. The van der Waals surface area contributed by atoms with Gasteiger partial charge in [0.05, 0.1) is 29.5 Å². The third kappa shape index (κ3) is 9.36. The van der Waals surface area contributed by atoms with Gasteiger partial charge >= 0.3 is 0 Å². The van der Waals surface area contributed by atoms with Gasteiger partial charge in [-0.1, -0.05) is 24.3 Å². The summed E-state index contributed by atoms with van der Waals surface area (Å²) in [6.45, 7) is -1.19. The number of aliphatic hydroxyl groups is 1. The number of nitro benzene ring substituents is 1. The van der Waals surface area contributed by atoms with Gasteiger partial charge in [0.25, 0.3) is 5.69 Å². The molecule has 0 radical (unpaired) electrons. The minimum absolute atomic E-state index is 0.0886. The molecule has 8 N–H and O–H groups in total. The molecule has 0 bridgehead atoms. The van der Waals surface area contributed by atoms with Crippen LogP contribution in [0, 0.1) is 10.1 Å². The van der Waals surface area contributed by atoms with Crippen LogP contribution >= 0.6 is 0 Å². The number of nitrogens with one attached hydrogen (secondary N) is 3. The van der Waals surface area contributed by atoms with Crippen LogP contribution in [0.4, 0.5) is 11.4 Å². The molecular weight excluding hydrogens is 482 g/mol. The lowest BCUT2D eigenvalue weighted by Gasteiger charge is -2.16. The number of carbonyl (C=O) groups excluding carboxylic acids is 2. The molecule has 0 aliphatic carbocycles. The van der Waals surface area contributed by atoms with Gasteiger partial charge in [-0.05, 0) is 23.3 Å². The zero-order valence-corrected chi connectivity index (χ0v) is 19.2. The molecule has 1 atom stereocenters. The van der Waals surface area contributed by atoms with Crippen molar-refractivity contribution in [1.29, 1.82) is 0 Å². The Kier molecular flexibility index (Phi) is 9.63. The number of amides is 2. The predicted octanol–water partition coefficient (Wildman–Crippen LogP) is -1.29. The first-order valence-corrected chi connectivity index (χ1v) is 11.7. The Labute approximate surface area is 200 Å². The highest BCUT2D eigenvalue weighted by molar-refractivity contribution is 7.88. The normalized spacial score (nSPS) is 11.8. The first-order chi connectivity index (χ1) is 16.5. The van der Waals surface area contributed by atoms with Gasteiger partial charge in [-0.2, -0.15) is 0 Å². The number of aliphatic imine (C=N–C) groups is 1. The first-order valence-electron chi connectivity index (χ1n) is 10.1. The van der Waals surface area contributed by atoms with Gasteiger partial charge in [-0.3, -0.25) is 19.7 Å². The SMILES string of the molecule is NC(N)=Nc1ccc(CNC(=O)CNC(=O)[C@H](CO)NS(=O)(=O)Cc2cccc([N+](=O)[O-])c2)cc1. The van der Waals surface area contributed by atoms with E-state index in [9.17, 15) is 33.2 Å². The minimum atomic E-state index is -4.15. The fourth-order valence-corrected chi connectivity index (χ4v) is 4.12. The van der Waals surface area contributed by atoms with Crippen LogP contribution < -0.4 is 26.8 Å². The van der Waals surface area contributed by atoms with E-state index in [1.54, 1.807) is 24.3 Å². The van der Waals surface area contributed by atoms with Crippen LogP contribution in [0.2, 0.25) is 0 Å². The number of nitrogens with zero attached hydrogens (tertiary/aromatic N) is 2. The second kappa shape index (κ2) is 12.4. The lowest BCUT2D eigenvalue weighted by Crippen LogP contribution is -2.50. The number of nitro groups is 1. The van der Waals surface area contributed by atoms with E-state index in [0.717, 1.165) is 11.6 Å². The van der Waals surface area contributed by atoms with Gasteiger partial charge < -0.3 is 27.2 Å². The van der Waals surface area contributed by atoms with E-state index in [0.29, 0.717) is 5.69 Å². The Balaban J connectivity index is 1.85. The molecule has 188 valence electrons. The molecular formula is C20H25N7O7S. The monoisotopic (exact) mass is 507 g/mol. The van der Waals surface area contributed by atoms with Crippen molar-refractivity contribution in [1.82, 2.24) is 15.4 Å². The molecule has 0 fully saturated rings. The average Bonchev–Trinajstić information content (AvgIpc) is 2.80. The maximum atomic E-state index is 12.4. The number of rotatable bonds is 12. The molecule has 14 nitrogen and oxygen atoms in total. The van der Waals surface area contributed by atoms with Crippen molar-refractivity contribution in [3.63, 3.8) is 0 Å². The average molecular weight is 508 g/mol. The third-order valence-electron chi connectivity index (χ3n) is 4.41. The van der Waals surface area contributed by atoms with Crippen molar-refractivity contribution in [2.45, 2.75) is 18.3 Å². The van der Waals surface area contributed by atoms with Crippen molar-refractivity contribution in [2.24, 2.45) is 16.5 Å². The van der Waals surface area contributed by atoms with Crippen molar-refractivity contribution < 1.29 is 28.0 Å². The summed E-state index contributed by atoms with van der Waals surface area (Å²) in [5.41, 5.74) is 11.7. The van der Waals surface area contributed by atoms with Gasteiger partial charge in [0.15, 0.2) is 5.96 Å². The molecule has 0 heterocycles. The number of carbonyl (C=O) groups is 2. The van der Waals surface area contributed by atoms with Crippen LogP contribution in [-0.4, -0.2) is 55.4 Å². The number of hydrogen-bond donors (Lipinski definition) is 6. The van der Waals surface area contributed by atoms with Crippen LogP contribution in [0.3, 0.4) is 0 Å². The summed E-state index contributed by atoms with van der Waals surface area (Å²) in [5.74, 6) is -2.22. The van der Waals surface area contributed by atoms with Crippen molar-refractivity contribution in [3.05, 3.63) is 69.8 Å². The zero-order chi connectivity index (χ0) is 26.0. The number of nitrogens with two attached hydrogens (primary N) is 2. The number of benzene rings is 2. The van der Waals surface area contributed by atoms with Gasteiger partial charge in [-0.25, -0.2) is 18.1 Å². The third-order valence-corrected chi connectivity index (χ3v) is 5.76. The van der Waals surface area contributed by atoms with Gasteiger partial charge in [0.1, 0.15) is 6.04 Å². The van der Waals surface area contributed by atoms with E-state index in [1.165, 1.54) is 18.2 Å². The summed E-state index contributed by atoms with van der Waals surface area (Å²) in [5, 5.41) is 25.1. The summed E-state index contributed by atoms with van der Waals surface area (Å²) >= 11 is 0. The fraction of sp³-hybridized carbons (Fsp3) is 0.250. The molecule has 2 amide bonds. The topological polar surface area (TPSA) is 232 Å². The summed E-state index contributed by atoms with van der Waals surface area (Å²) < 4.78 is 26.7. The van der Waals surface area contributed by atoms with E-state index >= 15 is 0 Å². The molecule has 0 saturated heterocycles. The molecule has 0 saturated carbocycles. The van der Waals surface area contributed by atoms with Crippen molar-refractivity contribution in [3.8, 4) is 0 Å². The quantitative estimate of drug-likeness (QED) is 0.0867. The van der Waals surface area contributed by atoms with Crippen LogP contribution in [0.5, 0.6) is 0 Å². The number of non-ortho nitro benzene ring substituents is 1. The van der Waals surface area contributed by atoms with E-state index in [1.807, 2.05) is 4.72 Å². The van der Waals surface area contributed by atoms with Crippen LogP contribution in [0.1, 0.15) is 11.1 Å². The van der Waals surface area contributed by atoms with Crippen molar-refractivity contribution >= 4 is 39.2 Å². The number of guanidine groups is 1. The standard InChI is InChI=1S/C20H25N7O7S/c21-20(22)25-15-6-4-13(5-7-15)9-23-18(29)10-24-19(30)17(11-28)26-35(33,34)12-14-2-1-3-16(8-14)27(31)32/h1-8,17,26,28H,9-12H2,(H,23,29)(H,24,30)(H4,21,22,25)/t17-/m0/s1. The maximum Gasteiger partial charge on any atom is 0.269 e. The van der Waals surface area contributed by atoms with E-state index in [2.05, 4.69) is 15.6 Å². The molecule has 0 spiro atoms. The molecule has 0 aliphatic heterocycles. The fourth-order valence-electron chi connectivity index (χ4n) is 2.80. The molecule has 2 aromatic carbocycles. The van der Waals surface area contributed by atoms with E-state index < -0.39 is 51.7 Å². The lowest BCUT2D eigenvalue weighted by molar-refractivity contribution is -0.384. The Bertz CT molecular complexity index is 1200. The predicted molar refractivity (Wildman–Crippen MR) is 126 cm³/mol.